The van der Waals surface area contributed by atoms with Gasteiger partial charge >= 0.3 is 0 Å². The fourth-order valence-corrected chi connectivity index (χ4v) is 7.33. The molecule has 4 heterocycles. The number of para-hydroxylation sites is 2. The molecule has 1 aliphatic heterocycles. The van der Waals surface area contributed by atoms with Crippen LogP contribution in [0.15, 0.2) is 133 Å². The highest BCUT2D eigenvalue weighted by molar-refractivity contribution is 6.23. The Morgan fingerprint density at radius 3 is 2.04 bits per heavy atom. The summed E-state index contributed by atoms with van der Waals surface area (Å²) in [5.74, 6) is 0.665. The van der Waals surface area contributed by atoms with Crippen molar-refractivity contribution >= 4 is 43.6 Å². The van der Waals surface area contributed by atoms with Crippen LogP contribution in [0, 0.1) is 6.92 Å². The quantitative estimate of drug-likeness (QED) is 0.206. The lowest BCUT2D eigenvalue weighted by atomic mass is 10.1. The van der Waals surface area contributed by atoms with Crippen LogP contribution in [0.5, 0.6) is 0 Å². The second kappa shape index (κ2) is 10.5. The normalized spacial score (nSPS) is 16.7. The Balaban J connectivity index is 1.44. The lowest BCUT2D eigenvalue weighted by Crippen LogP contribution is -2.35. The van der Waals surface area contributed by atoms with Crippen molar-refractivity contribution in [2.24, 2.45) is 0 Å². The molecular formula is C41H33N5. The minimum Gasteiger partial charge on any atom is -0.322 e. The van der Waals surface area contributed by atoms with E-state index in [2.05, 4.69) is 156 Å². The molecule has 2 unspecified atom stereocenters. The molecule has 2 atom stereocenters. The highest BCUT2D eigenvalue weighted by atomic mass is 15.2. The smallest absolute Gasteiger partial charge is 0.235 e. The summed E-state index contributed by atoms with van der Waals surface area (Å²) in [5.41, 5.74) is 9.77. The number of nitrogens with zero attached hydrogens (tertiary/aromatic N) is 4. The summed E-state index contributed by atoms with van der Waals surface area (Å²) >= 11 is 0. The zero-order valence-corrected chi connectivity index (χ0v) is 25.9. The van der Waals surface area contributed by atoms with E-state index in [0.29, 0.717) is 5.95 Å². The monoisotopic (exact) mass is 595 g/mol. The zero-order chi connectivity index (χ0) is 30.8. The predicted molar refractivity (Wildman–Crippen MR) is 190 cm³/mol. The fourth-order valence-electron chi connectivity index (χ4n) is 7.33. The second-order valence-electron chi connectivity index (χ2n) is 12.4. The fraction of sp³-hybridized carbons (Fsp3) is 0.122. The highest BCUT2D eigenvalue weighted by Gasteiger charge is 2.26. The summed E-state index contributed by atoms with van der Waals surface area (Å²) in [6, 6.07) is 43.4. The van der Waals surface area contributed by atoms with Gasteiger partial charge in [0.1, 0.15) is 0 Å². The summed E-state index contributed by atoms with van der Waals surface area (Å²) < 4.78 is 4.82. The van der Waals surface area contributed by atoms with Crippen LogP contribution in [0.2, 0.25) is 0 Å². The van der Waals surface area contributed by atoms with E-state index < -0.39 is 0 Å². The van der Waals surface area contributed by atoms with Crippen LogP contribution >= 0.6 is 0 Å². The van der Waals surface area contributed by atoms with Gasteiger partial charge in [-0.2, -0.15) is 0 Å². The molecule has 222 valence electrons. The molecule has 5 heteroatoms. The van der Waals surface area contributed by atoms with Crippen LogP contribution in [0.1, 0.15) is 25.1 Å². The molecule has 0 bridgehead atoms. The molecule has 1 aliphatic rings. The number of rotatable bonds is 4. The molecule has 1 N–H and O–H groups in total. The molecule has 3 aromatic heterocycles. The van der Waals surface area contributed by atoms with Crippen LogP contribution in [0.25, 0.3) is 72.1 Å². The van der Waals surface area contributed by atoms with Crippen molar-refractivity contribution in [1.29, 1.82) is 0 Å². The Morgan fingerprint density at radius 1 is 0.630 bits per heavy atom. The number of fused-ring (bicyclic) bond motifs is 7. The first-order valence-corrected chi connectivity index (χ1v) is 16.0. The molecule has 9 rings (SSSR count). The van der Waals surface area contributed by atoms with E-state index in [0.717, 1.165) is 40.0 Å². The highest BCUT2D eigenvalue weighted by Crippen LogP contribution is 2.42. The van der Waals surface area contributed by atoms with Crippen molar-refractivity contribution < 1.29 is 0 Å². The molecule has 0 amide bonds. The maximum atomic E-state index is 5.34. The molecule has 0 spiro atoms. The Morgan fingerprint density at radius 2 is 1.28 bits per heavy atom. The topological polar surface area (TPSA) is 47.7 Å². The minimum absolute atomic E-state index is 0.110. The molecule has 0 saturated heterocycles. The van der Waals surface area contributed by atoms with Gasteiger partial charge in [-0.1, -0.05) is 115 Å². The van der Waals surface area contributed by atoms with E-state index >= 15 is 0 Å². The predicted octanol–water partition coefficient (Wildman–Crippen LogP) is 9.76. The van der Waals surface area contributed by atoms with Gasteiger partial charge in [0.15, 0.2) is 0 Å². The van der Waals surface area contributed by atoms with Crippen LogP contribution < -0.4 is 5.32 Å². The number of hydrogen-bond donors (Lipinski definition) is 1. The lowest BCUT2D eigenvalue weighted by Gasteiger charge is -2.28. The molecule has 0 radical (unpaired) electrons. The number of nitrogens with one attached hydrogen (secondary N) is 1. The van der Waals surface area contributed by atoms with Crippen LogP contribution in [0.3, 0.4) is 0 Å². The first-order valence-electron chi connectivity index (χ1n) is 16.0. The third-order valence-corrected chi connectivity index (χ3v) is 9.35. The van der Waals surface area contributed by atoms with Gasteiger partial charge < -0.3 is 4.57 Å². The Hall–Kier alpha value is -5.52. The summed E-state index contributed by atoms with van der Waals surface area (Å²) in [6.07, 6.45) is 5.58. The second-order valence-corrected chi connectivity index (χ2v) is 12.4. The van der Waals surface area contributed by atoms with Crippen LogP contribution in [-0.2, 0) is 0 Å². The standard InChI is InChI=1S/C41H33N5/c1-26-12-10-16-29(24-26)35-25-34(28-14-4-3-5-15-28)43-41(44-35)46-37-20-9-7-18-31(37)33-23-22-32-30-17-6-8-19-36(30)45(39(32)40(33)46)38-21-11-13-27(2)42-38/h3-20,22-25,27,38,42H,21H2,1-2H3. The Labute approximate surface area is 267 Å². The van der Waals surface area contributed by atoms with Crippen LogP contribution in [0.4, 0.5) is 0 Å². The van der Waals surface area contributed by atoms with E-state index in [1.807, 2.05) is 6.07 Å². The van der Waals surface area contributed by atoms with Crippen molar-refractivity contribution in [3.8, 4) is 28.5 Å². The third-order valence-electron chi connectivity index (χ3n) is 9.35. The summed E-state index contributed by atoms with van der Waals surface area (Å²) in [7, 11) is 0. The first-order chi connectivity index (χ1) is 22.6. The van der Waals surface area contributed by atoms with Gasteiger partial charge in [-0.25, -0.2) is 9.97 Å². The van der Waals surface area contributed by atoms with Gasteiger partial charge in [-0.15, -0.1) is 0 Å². The van der Waals surface area contributed by atoms with Gasteiger partial charge in [-0.05, 0) is 44.5 Å². The third kappa shape index (κ3) is 4.20. The lowest BCUT2D eigenvalue weighted by molar-refractivity contribution is 0.390. The van der Waals surface area contributed by atoms with Gasteiger partial charge in [0.05, 0.1) is 39.6 Å². The summed E-state index contributed by atoms with van der Waals surface area (Å²) in [6.45, 7) is 4.35. The van der Waals surface area contributed by atoms with Crippen LogP contribution in [-0.4, -0.2) is 25.1 Å². The molecule has 8 aromatic rings. The summed E-state index contributed by atoms with van der Waals surface area (Å²) in [5, 5.41) is 8.72. The molecule has 0 aliphatic carbocycles. The largest absolute Gasteiger partial charge is 0.322 e. The maximum absolute atomic E-state index is 5.34. The number of benzene rings is 5. The average Bonchev–Trinajstić information content (AvgIpc) is 3.62. The number of hydrogen-bond acceptors (Lipinski definition) is 3. The van der Waals surface area contributed by atoms with Crippen molar-refractivity contribution in [3.05, 3.63) is 139 Å². The van der Waals surface area contributed by atoms with E-state index in [1.165, 1.54) is 38.1 Å². The SMILES string of the molecule is Cc1cccc(-c2cc(-c3ccccc3)nc(-n3c4ccccc4c4ccc5c6ccccc6n(C6CC=CC(C)N6)c5c43)n2)c1. The molecule has 46 heavy (non-hydrogen) atoms. The summed E-state index contributed by atoms with van der Waals surface area (Å²) in [4.78, 5) is 10.7. The van der Waals surface area contributed by atoms with Gasteiger partial charge in [0.2, 0.25) is 5.95 Å². The minimum atomic E-state index is 0.110. The van der Waals surface area contributed by atoms with E-state index in [1.54, 1.807) is 0 Å². The first kappa shape index (κ1) is 26.8. The maximum Gasteiger partial charge on any atom is 0.235 e. The van der Waals surface area contributed by atoms with E-state index in [4.69, 9.17) is 9.97 Å². The molecule has 0 saturated carbocycles. The van der Waals surface area contributed by atoms with E-state index in [9.17, 15) is 0 Å². The van der Waals surface area contributed by atoms with E-state index in [-0.39, 0.29) is 12.2 Å². The average molecular weight is 596 g/mol. The Kier molecular flexibility index (Phi) is 6.15. The van der Waals surface area contributed by atoms with Gasteiger partial charge in [0, 0.05) is 38.7 Å². The zero-order valence-electron chi connectivity index (χ0n) is 25.9. The van der Waals surface area contributed by atoms with Gasteiger partial charge in [0.25, 0.3) is 0 Å². The number of aromatic nitrogens is 4. The van der Waals surface area contributed by atoms with Crippen molar-refractivity contribution in [2.75, 3.05) is 0 Å². The molecule has 5 nitrogen and oxygen atoms in total. The van der Waals surface area contributed by atoms with Crippen molar-refractivity contribution in [3.63, 3.8) is 0 Å². The molecule has 0 fully saturated rings. The molecular weight excluding hydrogens is 562 g/mol. The van der Waals surface area contributed by atoms with Gasteiger partial charge in [-0.3, -0.25) is 9.88 Å². The van der Waals surface area contributed by atoms with Crippen molar-refractivity contribution in [1.82, 2.24) is 24.4 Å². The molecule has 5 aromatic carbocycles. The number of aryl methyl sites for hydroxylation is 1. The Bertz CT molecular complexity index is 2470. The van der Waals surface area contributed by atoms with Crippen molar-refractivity contribution in [2.45, 2.75) is 32.5 Å².